The van der Waals surface area contributed by atoms with Gasteiger partial charge in [0.2, 0.25) is 0 Å². The van der Waals surface area contributed by atoms with Gasteiger partial charge in [-0.05, 0) is 85.4 Å². The van der Waals surface area contributed by atoms with Gasteiger partial charge in [-0.25, -0.2) is 8.78 Å². The first-order valence-electron chi connectivity index (χ1n) is 13.1. The average Bonchev–Trinajstić information content (AvgIpc) is 2.96. The van der Waals surface area contributed by atoms with E-state index >= 15 is 0 Å². The molecule has 1 heterocycles. The molecule has 1 aliphatic heterocycles. The fourth-order valence-electron chi connectivity index (χ4n) is 6.06. The molecular formula is C33H34F2N2. The molecule has 4 heteroatoms. The lowest BCUT2D eigenvalue weighted by Gasteiger charge is -2.43. The third-order valence-corrected chi connectivity index (χ3v) is 8.33. The van der Waals surface area contributed by atoms with Crippen molar-refractivity contribution < 1.29 is 8.78 Å². The summed E-state index contributed by atoms with van der Waals surface area (Å²) in [5.41, 5.74) is 10.3. The van der Waals surface area contributed by atoms with Crippen molar-refractivity contribution in [3.05, 3.63) is 143 Å². The van der Waals surface area contributed by atoms with E-state index in [1.165, 1.54) is 29.8 Å². The van der Waals surface area contributed by atoms with E-state index < -0.39 is 5.41 Å². The van der Waals surface area contributed by atoms with Crippen molar-refractivity contribution in [2.45, 2.75) is 30.1 Å². The van der Waals surface area contributed by atoms with Crippen molar-refractivity contribution >= 4 is 0 Å². The van der Waals surface area contributed by atoms with E-state index in [4.69, 9.17) is 5.73 Å². The van der Waals surface area contributed by atoms with Gasteiger partial charge in [0.05, 0.1) is 0 Å². The molecule has 1 aliphatic rings. The largest absolute Gasteiger partial charge is 0.330 e. The molecule has 2 N–H and O–H groups in total. The van der Waals surface area contributed by atoms with Gasteiger partial charge in [0.15, 0.2) is 0 Å². The smallest absolute Gasteiger partial charge is 0.123 e. The van der Waals surface area contributed by atoms with Gasteiger partial charge in [-0.2, -0.15) is 0 Å². The van der Waals surface area contributed by atoms with E-state index in [1.54, 1.807) is 0 Å². The summed E-state index contributed by atoms with van der Waals surface area (Å²) in [6, 6.07) is 34.5. The quantitative estimate of drug-likeness (QED) is 0.276. The van der Waals surface area contributed by atoms with Crippen LogP contribution < -0.4 is 5.73 Å². The number of halogens is 2. The first-order chi connectivity index (χ1) is 18.1. The zero-order valence-electron chi connectivity index (χ0n) is 21.1. The number of hydrogen-bond donors (Lipinski definition) is 1. The van der Waals surface area contributed by atoms with Crippen LogP contribution in [0.5, 0.6) is 0 Å². The number of rotatable bonds is 8. The second-order valence-electron chi connectivity index (χ2n) is 10.2. The van der Waals surface area contributed by atoms with Crippen molar-refractivity contribution in [3.8, 4) is 0 Å². The zero-order chi connectivity index (χ0) is 25.7. The van der Waals surface area contributed by atoms with Crippen LogP contribution in [0.2, 0.25) is 0 Å². The normalized spacial score (nSPS) is 16.0. The third-order valence-electron chi connectivity index (χ3n) is 8.33. The molecule has 1 fully saturated rings. The molecule has 37 heavy (non-hydrogen) atoms. The van der Waals surface area contributed by atoms with E-state index in [9.17, 15) is 8.78 Å². The lowest BCUT2D eigenvalue weighted by atomic mass is 9.67. The minimum atomic E-state index is -0.537. The molecule has 0 atom stereocenters. The highest BCUT2D eigenvalue weighted by atomic mass is 19.1. The molecule has 190 valence electrons. The molecule has 0 aromatic heterocycles. The lowest BCUT2D eigenvalue weighted by molar-refractivity contribution is 0.155. The van der Waals surface area contributed by atoms with Crippen LogP contribution in [0.15, 0.2) is 109 Å². The fraction of sp³-hybridized carbons (Fsp3) is 0.273. The van der Waals surface area contributed by atoms with E-state index in [0.29, 0.717) is 6.54 Å². The Morgan fingerprint density at radius 3 is 1.59 bits per heavy atom. The molecule has 0 aliphatic carbocycles. The monoisotopic (exact) mass is 496 g/mol. The first-order valence-corrected chi connectivity index (χ1v) is 13.1. The Hall–Kier alpha value is -3.34. The maximum atomic E-state index is 14.0. The molecule has 0 saturated carbocycles. The molecular weight excluding hydrogens is 462 g/mol. The fourth-order valence-corrected chi connectivity index (χ4v) is 6.06. The first kappa shape index (κ1) is 25.3. The van der Waals surface area contributed by atoms with Gasteiger partial charge >= 0.3 is 0 Å². The summed E-state index contributed by atoms with van der Waals surface area (Å²) in [6.07, 6.45) is 2.81. The predicted octanol–water partition coefficient (Wildman–Crippen LogP) is 6.68. The Morgan fingerprint density at radius 2 is 1.11 bits per heavy atom. The van der Waals surface area contributed by atoms with Crippen LogP contribution in [0.3, 0.4) is 0 Å². The molecule has 1 saturated heterocycles. The maximum absolute atomic E-state index is 14.0. The van der Waals surface area contributed by atoms with Crippen LogP contribution in [0, 0.1) is 11.6 Å². The van der Waals surface area contributed by atoms with Crippen LogP contribution >= 0.6 is 0 Å². The van der Waals surface area contributed by atoms with Gasteiger partial charge in [-0.3, -0.25) is 0 Å². The van der Waals surface area contributed by atoms with E-state index in [2.05, 4.69) is 47.4 Å². The standard InChI is InChI=1S/C33H34F2N2/c34-30-15-11-28(12-16-30)33(27-9-5-2-6-10-27,29-13-17-31(35)18-14-29)21-24-37-22-19-32(25-36,20-23-37)26-7-3-1-4-8-26/h1-18H,19-25,36H2. The lowest BCUT2D eigenvalue weighted by Crippen LogP contribution is -2.47. The number of likely N-dealkylation sites (tertiary alicyclic amines) is 1. The molecule has 4 aromatic carbocycles. The highest BCUT2D eigenvalue weighted by molar-refractivity contribution is 5.50. The molecule has 0 unspecified atom stereocenters. The summed E-state index contributed by atoms with van der Waals surface area (Å²) >= 11 is 0. The Balaban J connectivity index is 1.47. The second kappa shape index (κ2) is 11.0. The van der Waals surface area contributed by atoms with Gasteiger partial charge in [0.25, 0.3) is 0 Å². The molecule has 5 rings (SSSR count). The van der Waals surface area contributed by atoms with Crippen molar-refractivity contribution in [2.24, 2.45) is 5.73 Å². The Kier molecular flexibility index (Phi) is 7.50. The van der Waals surface area contributed by atoms with Crippen molar-refractivity contribution in [2.75, 3.05) is 26.2 Å². The summed E-state index contributed by atoms with van der Waals surface area (Å²) in [5, 5.41) is 0. The molecule has 0 amide bonds. The SMILES string of the molecule is NCC1(c2ccccc2)CCN(CCC(c2ccccc2)(c2ccc(F)cc2)c2ccc(F)cc2)CC1. The third kappa shape index (κ3) is 5.09. The van der Waals surface area contributed by atoms with E-state index in [-0.39, 0.29) is 17.0 Å². The highest BCUT2D eigenvalue weighted by Gasteiger charge is 2.39. The Bertz CT molecular complexity index is 1220. The summed E-state index contributed by atoms with van der Waals surface area (Å²) in [5.74, 6) is -0.528. The van der Waals surface area contributed by atoms with Crippen molar-refractivity contribution in [3.63, 3.8) is 0 Å². The maximum Gasteiger partial charge on any atom is 0.123 e. The topological polar surface area (TPSA) is 29.3 Å². The van der Waals surface area contributed by atoms with Gasteiger partial charge < -0.3 is 10.6 Å². The van der Waals surface area contributed by atoms with Gasteiger partial charge in [-0.15, -0.1) is 0 Å². The van der Waals surface area contributed by atoms with Crippen LogP contribution in [0.1, 0.15) is 41.5 Å². The summed E-state index contributed by atoms with van der Waals surface area (Å²) in [6.45, 7) is 3.43. The van der Waals surface area contributed by atoms with E-state index in [1.807, 2.05) is 42.5 Å². The highest BCUT2D eigenvalue weighted by Crippen LogP contribution is 2.43. The number of piperidine rings is 1. The van der Waals surface area contributed by atoms with Crippen molar-refractivity contribution in [1.82, 2.24) is 4.90 Å². The summed E-state index contributed by atoms with van der Waals surface area (Å²) in [4.78, 5) is 2.52. The zero-order valence-corrected chi connectivity index (χ0v) is 21.1. The van der Waals surface area contributed by atoms with Crippen LogP contribution in [0.4, 0.5) is 8.78 Å². The van der Waals surface area contributed by atoms with Crippen LogP contribution in [-0.4, -0.2) is 31.1 Å². The predicted molar refractivity (Wildman–Crippen MR) is 147 cm³/mol. The number of hydrogen-bond acceptors (Lipinski definition) is 2. The molecule has 0 bridgehead atoms. The minimum Gasteiger partial charge on any atom is -0.330 e. The van der Waals surface area contributed by atoms with Gasteiger partial charge in [0, 0.05) is 17.4 Å². The Morgan fingerprint density at radius 1 is 0.649 bits per heavy atom. The molecule has 0 spiro atoms. The van der Waals surface area contributed by atoms with Gasteiger partial charge in [-0.1, -0.05) is 84.9 Å². The number of benzene rings is 4. The summed E-state index contributed by atoms with van der Waals surface area (Å²) in [7, 11) is 0. The van der Waals surface area contributed by atoms with Crippen LogP contribution in [-0.2, 0) is 10.8 Å². The molecule has 2 nitrogen and oxygen atoms in total. The summed E-state index contributed by atoms with van der Waals surface area (Å²) < 4.78 is 28.0. The minimum absolute atomic E-state index is 0.0161. The van der Waals surface area contributed by atoms with E-state index in [0.717, 1.165) is 55.6 Å². The molecule has 4 aromatic rings. The Labute approximate surface area is 218 Å². The van der Waals surface area contributed by atoms with Crippen LogP contribution in [0.25, 0.3) is 0 Å². The molecule has 0 radical (unpaired) electrons. The van der Waals surface area contributed by atoms with Crippen molar-refractivity contribution in [1.29, 1.82) is 0 Å². The second-order valence-corrected chi connectivity index (χ2v) is 10.2. The van der Waals surface area contributed by atoms with Gasteiger partial charge in [0.1, 0.15) is 11.6 Å². The number of nitrogens with two attached hydrogens (primary N) is 1. The average molecular weight is 497 g/mol. The number of nitrogens with zero attached hydrogens (tertiary/aromatic N) is 1.